The SMILES string of the molecule is CCCCCCCCCn1c(=O)c(C(=O)Nc2ccccn2)c(O)c2ccccc21. The second-order valence-electron chi connectivity index (χ2n) is 7.49. The maximum absolute atomic E-state index is 13.2. The van der Waals surface area contributed by atoms with Gasteiger partial charge in [0.05, 0.1) is 5.52 Å². The monoisotopic (exact) mass is 407 g/mol. The highest BCUT2D eigenvalue weighted by atomic mass is 16.3. The molecule has 0 aliphatic carbocycles. The van der Waals surface area contributed by atoms with Crippen LogP contribution in [-0.2, 0) is 6.54 Å². The third-order valence-electron chi connectivity index (χ3n) is 5.26. The molecule has 1 amide bonds. The number of carbonyl (C=O) groups excluding carboxylic acids is 1. The summed E-state index contributed by atoms with van der Waals surface area (Å²) >= 11 is 0. The molecule has 3 aromatic rings. The number of benzene rings is 1. The molecule has 0 spiro atoms. The van der Waals surface area contributed by atoms with Crippen molar-refractivity contribution < 1.29 is 9.90 Å². The molecule has 2 heterocycles. The zero-order valence-corrected chi connectivity index (χ0v) is 17.4. The van der Waals surface area contributed by atoms with Crippen molar-refractivity contribution in [1.82, 2.24) is 9.55 Å². The van der Waals surface area contributed by atoms with Gasteiger partial charge in [-0.15, -0.1) is 0 Å². The number of unbranched alkanes of at least 4 members (excludes halogenated alkanes) is 6. The number of fused-ring (bicyclic) bond motifs is 1. The Hall–Kier alpha value is -3.15. The fourth-order valence-electron chi connectivity index (χ4n) is 3.66. The molecule has 158 valence electrons. The zero-order chi connectivity index (χ0) is 21.3. The number of pyridine rings is 2. The van der Waals surface area contributed by atoms with Crippen molar-refractivity contribution in [3.8, 4) is 5.75 Å². The Morgan fingerprint density at radius 2 is 1.70 bits per heavy atom. The Labute approximate surface area is 176 Å². The van der Waals surface area contributed by atoms with E-state index in [4.69, 9.17) is 0 Å². The molecular weight excluding hydrogens is 378 g/mol. The van der Waals surface area contributed by atoms with E-state index in [2.05, 4.69) is 17.2 Å². The van der Waals surface area contributed by atoms with E-state index in [1.165, 1.54) is 25.7 Å². The van der Waals surface area contributed by atoms with Gasteiger partial charge in [0, 0.05) is 18.1 Å². The van der Waals surface area contributed by atoms with Crippen molar-refractivity contribution >= 4 is 22.6 Å². The van der Waals surface area contributed by atoms with Gasteiger partial charge in [0.1, 0.15) is 17.1 Å². The summed E-state index contributed by atoms with van der Waals surface area (Å²) in [5, 5.41) is 13.8. The van der Waals surface area contributed by atoms with Gasteiger partial charge in [-0.25, -0.2) is 4.98 Å². The average Bonchev–Trinajstić information content (AvgIpc) is 2.76. The molecule has 0 fully saturated rings. The predicted octanol–water partition coefficient (Wildman–Crippen LogP) is 5.11. The summed E-state index contributed by atoms with van der Waals surface area (Å²) in [6, 6.07) is 12.2. The number of aromatic hydroxyl groups is 1. The van der Waals surface area contributed by atoms with E-state index in [9.17, 15) is 14.7 Å². The number of nitrogens with zero attached hydrogens (tertiary/aromatic N) is 2. The van der Waals surface area contributed by atoms with Gasteiger partial charge in [-0.2, -0.15) is 0 Å². The first-order valence-corrected chi connectivity index (χ1v) is 10.7. The first-order chi connectivity index (χ1) is 14.6. The van der Waals surface area contributed by atoms with Crippen molar-refractivity contribution in [3.63, 3.8) is 0 Å². The Balaban J connectivity index is 1.85. The third-order valence-corrected chi connectivity index (χ3v) is 5.26. The quantitative estimate of drug-likeness (QED) is 0.458. The van der Waals surface area contributed by atoms with Crippen LogP contribution in [0.5, 0.6) is 5.75 Å². The molecule has 0 aliphatic rings. The number of nitrogens with one attached hydrogen (secondary N) is 1. The van der Waals surface area contributed by atoms with Gasteiger partial charge in [0.2, 0.25) is 0 Å². The summed E-state index contributed by atoms with van der Waals surface area (Å²) in [5.41, 5.74) is -0.0896. The Morgan fingerprint density at radius 1 is 1.00 bits per heavy atom. The van der Waals surface area contributed by atoms with Gasteiger partial charge in [-0.3, -0.25) is 9.59 Å². The molecule has 6 nitrogen and oxygen atoms in total. The van der Waals surface area contributed by atoms with Crippen LogP contribution >= 0.6 is 0 Å². The predicted molar refractivity (Wildman–Crippen MR) is 120 cm³/mol. The van der Waals surface area contributed by atoms with Crippen LogP contribution in [0, 0.1) is 0 Å². The van der Waals surface area contributed by atoms with Crippen molar-refractivity contribution in [1.29, 1.82) is 0 Å². The number of amides is 1. The van der Waals surface area contributed by atoms with E-state index in [0.717, 1.165) is 19.3 Å². The van der Waals surface area contributed by atoms with Crippen LogP contribution in [-0.4, -0.2) is 20.6 Å². The van der Waals surface area contributed by atoms with Crippen LogP contribution in [0.1, 0.15) is 62.2 Å². The van der Waals surface area contributed by atoms with Crippen molar-refractivity contribution in [3.05, 3.63) is 64.6 Å². The second-order valence-corrected chi connectivity index (χ2v) is 7.49. The van der Waals surface area contributed by atoms with Crippen LogP contribution < -0.4 is 10.9 Å². The lowest BCUT2D eigenvalue weighted by atomic mass is 10.1. The smallest absolute Gasteiger partial charge is 0.267 e. The van der Waals surface area contributed by atoms with Gasteiger partial charge in [-0.1, -0.05) is 63.6 Å². The lowest BCUT2D eigenvalue weighted by Gasteiger charge is -2.15. The summed E-state index contributed by atoms with van der Waals surface area (Å²) in [7, 11) is 0. The second kappa shape index (κ2) is 10.6. The van der Waals surface area contributed by atoms with Crippen LogP contribution in [0.15, 0.2) is 53.5 Å². The molecule has 0 saturated carbocycles. The molecule has 0 unspecified atom stereocenters. The van der Waals surface area contributed by atoms with Gasteiger partial charge in [-0.05, 0) is 30.7 Å². The van der Waals surface area contributed by atoms with Crippen LogP contribution in [0.25, 0.3) is 10.9 Å². The number of hydrogen-bond acceptors (Lipinski definition) is 4. The third kappa shape index (κ3) is 5.06. The molecule has 2 N–H and O–H groups in total. The fourth-order valence-corrected chi connectivity index (χ4v) is 3.66. The standard InChI is InChI=1S/C24H29N3O3/c1-2-3-4-5-6-7-12-17-27-19-14-9-8-13-18(19)22(28)21(24(27)30)23(29)26-20-15-10-11-16-25-20/h8-11,13-16,28H,2-7,12,17H2,1H3,(H,25,26,29). The molecule has 0 atom stereocenters. The van der Waals surface area contributed by atoms with Crippen LogP contribution in [0.2, 0.25) is 0 Å². The summed E-state index contributed by atoms with van der Waals surface area (Å²) in [5.74, 6) is -0.622. The summed E-state index contributed by atoms with van der Waals surface area (Å²) in [6.07, 6.45) is 9.50. The maximum Gasteiger partial charge on any atom is 0.267 e. The normalized spacial score (nSPS) is 11.0. The molecule has 3 rings (SSSR count). The highest BCUT2D eigenvalue weighted by molar-refractivity contribution is 6.08. The topological polar surface area (TPSA) is 84.2 Å². The number of aromatic nitrogens is 2. The Morgan fingerprint density at radius 3 is 2.43 bits per heavy atom. The molecule has 0 aliphatic heterocycles. The number of hydrogen-bond donors (Lipinski definition) is 2. The number of aryl methyl sites for hydroxylation is 1. The Kier molecular flexibility index (Phi) is 7.60. The van der Waals surface area contributed by atoms with E-state index >= 15 is 0 Å². The molecule has 0 saturated heterocycles. The van der Waals surface area contributed by atoms with Gasteiger partial charge >= 0.3 is 0 Å². The zero-order valence-electron chi connectivity index (χ0n) is 17.4. The molecule has 1 aromatic carbocycles. The maximum atomic E-state index is 13.2. The molecular formula is C24H29N3O3. The molecule has 6 heteroatoms. The van der Waals surface area contributed by atoms with E-state index < -0.39 is 11.5 Å². The molecule has 30 heavy (non-hydrogen) atoms. The molecule has 2 aromatic heterocycles. The number of anilines is 1. The van der Waals surface area contributed by atoms with E-state index in [0.29, 0.717) is 23.3 Å². The minimum atomic E-state index is -0.657. The largest absolute Gasteiger partial charge is 0.506 e. The number of para-hydroxylation sites is 1. The van der Waals surface area contributed by atoms with Gasteiger partial charge in [0.15, 0.2) is 0 Å². The Bertz CT molecular complexity index is 1040. The summed E-state index contributed by atoms with van der Waals surface area (Å²) < 4.78 is 1.61. The average molecular weight is 408 g/mol. The van der Waals surface area contributed by atoms with E-state index in [1.807, 2.05) is 6.07 Å². The highest BCUT2D eigenvalue weighted by Crippen LogP contribution is 2.27. The van der Waals surface area contributed by atoms with Crippen molar-refractivity contribution in [2.24, 2.45) is 0 Å². The van der Waals surface area contributed by atoms with Gasteiger partial charge in [0.25, 0.3) is 11.5 Å². The first-order valence-electron chi connectivity index (χ1n) is 10.7. The van der Waals surface area contributed by atoms with Gasteiger partial charge < -0.3 is 15.0 Å². The van der Waals surface area contributed by atoms with Crippen LogP contribution in [0.3, 0.4) is 0 Å². The summed E-state index contributed by atoms with van der Waals surface area (Å²) in [4.78, 5) is 30.0. The van der Waals surface area contributed by atoms with Crippen molar-refractivity contribution in [2.75, 3.05) is 5.32 Å². The summed E-state index contributed by atoms with van der Waals surface area (Å²) in [6.45, 7) is 2.71. The van der Waals surface area contributed by atoms with Crippen LogP contribution in [0.4, 0.5) is 5.82 Å². The van der Waals surface area contributed by atoms with Crippen molar-refractivity contribution in [2.45, 2.75) is 58.4 Å². The van der Waals surface area contributed by atoms with E-state index in [-0.39, 0.29) is 11.3 Å². The lowest BCUT2D eigenvalue weighted by Crippen LogP contribution is -2.30. The minimum absolute atomic E-state index is 0.248. The fraction of sp³-hybridized carbons (Fsp3) is 0.375. The number of carbonyl (C=O) groups is 1. The molecule has 0 bridgehead atoms. The first kappa shape index (κ1) is 21.6. The van der Waals surface area contributed by atoms with E-state index in [1.54, 1.807) is 47.2 Å². The molecule has 0 radical (unpaired) electrons. The lowest BCUT2D eigenvalue weighted by molar-refractivity contribution is 0.102. The minimum Gasteiger partial charge on any atom is -0.506 e. The highest BCUT2D eigenvalue weighted by Gasteiger charge is 2.22. The number of rotatable bonds is 10.